The summed E-state index contributed by atoms with van der Waals surface area (Å²) in [5.41, 5.74) is 2.10. The minimum Gasteiger partial charge on any atom is -0.444 e. The lowest BCUT2D eigenvalue weighted by atomic mass is 9.98. The van der Waals surface area contributed by atoms with Crippen LogP contribution in [0.3, 0.4) is 0 Å². The van der Waals surface area contributed by atoms with Crippen molar-refractivity contribution < 1.29 is 19.1 Å². The molecule has 8 heteroatoms. The fourth-order valence-electron chi connectivity index (χ4n) is 3.61. The highest BCUT2D eigenvalue weighted by Crippen LogP contribution is 2.25. The van der Waals surface area contributed by atoms with Crippen molar-refractivity contribution in [2.75, 3.05) is 18.6 Å². The van der Waals surface area contributed by atoms with E-state index in [0.717, 1.165) is 16.7 Å². The van der Waals surface area contributed by atoms with Crippen molar-refractivity contribution in [2.24, 2.45) is 0 Å². The van der Waals surface area contributed by atoms with E-state index in [1.165, 1.54) is 0 Å². The molecule has 0 spiro atoms. The van der Waals surface area contributed by atoms with Crippen molar-refractivity contribution in [2.45, 2.75) is 85.5 Å². The van der Waals surface area contributed by atoms with Gasteiger partial charge in [0.15, 0.2) is 0 Å². The number of hydrogen-bond acceptors (Lipinski definition) is 5. The zero-order valence-corrected chi connectivity index (χ0v) is 22.4. The molecule has 0 aromatic heterocycles. The Morgan fingerprint density at radius 3 is 2.09 bits per heavy atom. The molecule has 1 rings (SSSR count). The van der Waals surface area contributed by atoms with Crippen LogP contribution in [0.4, 0.5) is 4.79 Å². The normalized spacial score (nSPS) is 13.3. The number of hydrogen-bond donors (Lipinski definition) is 2. The highest BCUT2D eigenvalue weighted by atomic mass is 32.2. The first-order chi connectivity index (χ1) is 15.3. The van der Waals surface area contributed by atoms with Crippen LogP contribution in [0.15, 0.2) is 18.2 Å². The quantitative estimate of drug-likeness (QED) is 0.520. The molecule has 0 aliphatic heterocycles. The Balaban J connectivity index is 3.37. The fraction of sp³-hybridized carbons (Fsp3) is 0.640. The van der Waals surface area contributed by atoms with Crippen LogP contribution in [0.2, 0.25) is 0 Å². The van der Waals surface area contributed by atoms with Crippen LogP contribution >= 0.6 is 11.8 Å². The number of aryl methyl sites for hydroxylation is 2. The molecule has 3 amide bonds. The van der Waals surface area contributed by atoms with Crippen LogP contribution in [0.1, 0.15) is 70.7 Å². The van der Waals surface area contributed by atoms with E-state index in [1.807, 2.05) is 59.1 Å². The van der Waals surface area contributed by atoms with Gasteiger partial charge in [-0.25, -0.2) is 4.79 Å². The molecule has 186 valence electrons. The molecule has 0 saturated carbocycles. The van der Waals surface area contributed by atoms with Gasteiger partial charge in [0.2, 0.25) is 11.8 Å². The van der Waals surface area contributed by atoms with Gasteiger partial charge in [-0.1, -0.05) is 29.3 Å². The number of carbonyl (C=O) groups is 3. The number of rotatable bonds is 10. The summed E-state index contributed by atoms with van der Waals surface area (Å²) in [6.07, 6.45) is 1.73. The maximum absolute atomic E-state index is 13.7. The molecule has 1 aromatic rings. The molecule has 0 aliphatic carbocycles. The van der Waals surface area contributed by atoms with Gasteiger partial charge in [0.25, 0.3) is 0 Å². The van der Waals surface area contributed by atoms with E-state index in [2.05, 4.69) is 10.6 Å². The third kappa shape index (κ3) is 9.66. The second kappa shape index (κ2) is 12.9. The number of nitrogens with zero attached hydrogens (tertiary/aromatic N) is 1. The number of nitrogens with one attached hydrogen (secondary N) is 2. The van der Waals surface area contributed by atoms with Crippen LogP contribution in [0, 0.1) is 13.8 Å². The third-order valence-electron chi connectivity index (χ3n) is 4.77. The Hall–Kier alpha value is -2.22. The summed E-state index contributed by atoms with van der Waals surface area (Å²) < 4.78 is 5.38. The van der Waals surface area contributed by atoms with E-state index in [1.54, 1.807) is 37.4 Å². The maximum Gasteiger partial charge on any atom is 0.408 e. The van der Waals surface area contributed by atoms with Gasteiger partial charge in [-0.15, -0.1) is 0 Å². The summed E-state index contributed by atoms with van der Waals surface area (Å²) in [7, 11) is 0. The molecule has 33 heavy (non-hydrogen) atoms. The van der Waals surface area contributed by atoms with E-state index in [0.29, 0.717) is 18.7 Å². The molecule has 7 nitrogen and oxygen atoms in total. The number of benzene rings is 1. The lowest BCUT2D eigenvalue weighted by molar-refractivity contribution is -0.142. The molecule has 2 N–H and O–H groups in total. The van der Waals surface area contributed by atoms with Gasteiger partial charge in [-0.05, 0) is 79.4 Å². The summed E-state index contributed by atoms with van der Waals surface area (Å²) in [6, 6.07) is 4.22. The summed E-state index contributed by atoms with van der Waals surface area (Å²) in [5, 5.41) is 5.69. The third-order valence-corrected chi connectivity index (χ3v) is 5.42. The maximum atomic E-state index is 13.7. The Morgan fingerprint density at radius 1 is 1.06 bits per heavy atom. The molecule has 0 radical (unpaired) electrons. The summed E-state index contributed by atoms with van der Waals surface area (Å²) in [6.45, 7) is 15.2. The number of carbonyl (C=O) groups excluding carboxylic acids is 3. The molecule has 0 bridgehead atoms. The molecule has 0 heterocycles. The molecule has 0 fully saturated rings. The van der Waals surface area contributed by atoms with E-state index in [4.69, 9.17) is 4.74 Å². The van der Waals surface area contributed by atoms with Crippen LogP contribution in [-0.4, -0.2) is 59.0 Å². The molecule has 2 unspecified atom stereocenters. The number of amides is 3. The van der Waals surface area contributed by atoms with Crippen LogP contribution in [0.5, 0.6) is 0 Å². The van der Waals surface area contributed by atoms with Gasteiger partial charge in [-0.3, -0.25) is 9.59 Å². The average Bonchev–Trinajstić information content (AvgIpc) is 2.65. The topological polar surface area (TPSA) is 87.7 Å². The standard InChI is InChI=1S/C25H41N3O4S/c1-10-28(23(30)20(11-12-33-9)27-24(31)32-25(6,7)8)21(22(29)26-16(2)3)19-14-17(4)13-18(5)15-19/h13-16,20-21H,10-12H2,1-9H3,(H,26,29)(H,27,31). The Kier molecular flexibility index (Phi) is 11.2. The first-order valence-electron chi connectivity index (χ1n) is 11.5. The molecule has 2 atom stereocenters. The number of thioether (sulfide) groups is 1. The van der Waals surface area contributed by atoms with E-state index < -0.39 is 23.8 Å². The highest BCUT2D eigenvalue weighted by Gasteiger charge is 2.35. The monoisotopic (exact) mass is 479 g/mol. The second-order valence-electron chi connectivity index (χ2n) is 9.59. The van der Waals surface area contributed by atoms with Gasteiger partial charge in [0.1, 0.15) is 17.7 Å². The number of likely N-dealkylation sites (N-methyl/N-ethyl adjacent to an activating group) is 1. The molecule has 0 aliphatic rings. The van der Waals surface area contributed by atoms with Crippen molar-refractivity contribution in [1.29, 1.82) is 0 Å². The lowest BCUT2D eigenvalue weighted by Gasteiger charge is -2.34. The van der Waals surface area contributed by atoms with Crippen molar-refractivity contribution in [3.8, 4) is 0 Å². The first-order valence-corrected chi connectivity index (χ1v) is 12.9. The predicted octanol–water partition coefficient (Wildman–Crippen LogP) is 4.36. The zero-order valence-electron chi connectivity index (χ0n) is 21.6. The molecule has 0 saturated heterocycles. The summed E-state index contributed by atoms with van der Waals surface area (Å²) in [4.78, 5) is 41.0. The van der Waals surface area contributed by atoms with Gasteiger partial charge in [0.05, 0.1) is 0 Å². The van der Waals surface area contributed by atoms with Crippen molar-refractivity contribution >= 4 is 29.7 Å². The van der Waals surface area contributed by atoms with Crippen LogP contribution in [-0.2, 0) is 14.3 Å². The van der Waals surface area contributed by atoms with Gasteiger partial charge < -0.3 is 20.3 Å². The number of ether oxygens (including phenoxy) is 1. The van der Waals surface area contributed by atoms with E-state index in [-0.39, 0.29) is 17.9 Å². The minimum absolute atomic E-state index is 0.0770. The fourth-order valence-corrected chi connectivity index (χ4v) is 4.08. The Morgan fingerprint density at radius 2 is 1.64 bits per heavy atom. The van der Waals surface area contributed by atoms with Crippen molar-refractivity contribution in [3.05, 3.63) is 34.9 Å². The largest absolute Gasteiger partial charge is 0.444 e. The zero-order chi connectivity index (χ0) is 25.3. The first kappa shape index (κ1) is 28.8. The van der Waals surface area contributed by atoms with Crippen LogP contribution < -0.4 is 10.6 Å². The Labute approximate surface area is 203 Å². The minimum atomic E-state index is -0.805. The highest BCUT2D eigenvalue weighted by molar-refractivity contribution is 7.98. The van der Waals surface area contributed by atoms with Crippen LogP contribution in [0.25, 0.3) is 0 Å². The predicted molar refractivity (Wildman–Crippen MR) is 135 cm³/mol. The lowest BCUT2D eigenvalue weighted by Crippen LogP contribution is -2.53. The Bertz CT molecular complexity index is 800. The molecular formula is C25H41N3O4S. The van der Waals surface area contributed by atoms with Gasteiger partial charge in [-0.2, -0.15) is 11.8 Å². The van der Waals surface area contributed by atoms with E-state index >= 15 is 0 Å². The SMILES string of the molecule is CCN(C(=O)C(CCSC)NC(=O)OC(C)(C)C)C(C(=O)NC(C)C)c1cc(C)cc(C)c1. The number of alkyl carbamates (subject to hydrolysis) is 1. The van der Waals surface area contributed by atoms with E-state index in [9.17, 15) is 14.4 Å². The van der Waals surface area contributed by atoms with Crippen molar-refractivity contribution in [1.82, 2.24) is 15.5 Å². The van der Waals surface area contributed by atoms with Gasteiger partial charge in [0, 0.05) is 12.6 Å². The van der Waals surface area contributed by atoms with Gasteiger partial charge >= 0.3 is 6.09 Å². The summed E-state index contributed by atoms with van der Waals surface area (Å²) in [5.74, 6) is 0.127. The van der Waals surface area contributed by atoms with Crippen molar-refractivity contribution in [3.63, 3.8) is 0 Å². The average molecular weight is 480 g/mol. The summed E-state index contributed by atoms with van der Waals surface area (Å²) >= 11 is 1.59. The molecule has 1 aromatic carbocycles. The smallest absolute Gasteiger partial charge is 0.408 e. The second-order valence-corrected chi connectivity index (χ2v) is 10.6. The molecular weight excluding hydrogens is 438 g/mol.